The van der Waals surface area contributed by atoms with Crippen LogP contribution in [0.1, 0.15) is 6.92 Å². The summed E-state index contributed by atoms with van der Waals surface area (Å²) in [5.74, 6) is 0.429. The van der Waals surface area contributed by atoms with E-state index in [1.165, 1.54) is 47.5 Å². The lowest BCUT2D eigenvalue weighted by Gasteiger charge is -2.13. The number of carbonyl (C=O) groups is 2. The molecule has 1 unspecified atom stereocenters. The third kappa shape index (κ3) is 5.60. The molecule has 0 radical (unpaired) electrons. The topological polar surface area (TPSA) is 108 Å². The van der Waals surface area contributed by atoms with E-state index in [-0.39, 0.29) is 5.02 Å². The monoisotopic (exact) mass is 435 g/mol. The number of halogens is 1. The van der Waals surface area contributed by atoms with Crippen LogP contribution >= 0.6 is 11.6 Å². The number of carbonyl (C=O) groups excluding carboxylic acids is 2. The summed E-state index contributed by atoms with van der Waals surface area (Å²) in [4.78, 5) is 24.7. The zero-order valence-electron chi connectivity index (χ0n) is 17.2. The van der Waals surface area contributed by atoms with Gasteiger partial charge in [0.15, 0.2) is 5.78 Å². The smallest absolute Gasteiger partial charge is 0.258 e. The van der Waals surface area contributed by atoms with Gasteiger partial charge in [0.2, 0.25) is 6.04 Å². The van der Waals surface area contributed by atoms with Gasteiger partial charge < -0.3 is 24.3 Å². The van der Waals surface area contributed by atoms with Gasteiger partial charge in [-0.3, -0.25) is 9.59 Å². The van der Waals surface area contributed by atoms with Crippen molar-refractivity contribution < 1.29 is 28.5 Å². The molecule has 1 amide bonds. The quantitative estimate of drug-likeness (QED) is 0.470. The van der Waals surface area contributed by atoms with E-state index in [9.17, 15) is 9.59 Å². The molecule has 0 spiro atoms. The van der Waals surface area contributed by atoms with Crippen molar-refractivity contribution in [3.05, 3.63) is 35.4 Å². The summed E-state index contributed by atoms with van der Waals surface area (Å²) < 4.78 is 20.7. The zero-order chi connectivity index (χ0) is 22.3. The van der Waals surface area contributed by atoms with Crippen molar-refractivity contribution in [3.8, 4) is 23.0 Å². The van der Waals surface area contributed by atoms with Crippen molar-refractivity contribution in [1.29, 1.82) is 0 Å². The van der Waals surface area contributed by atoms with Crippen LogP contribution in [-0.4, -0.2) is 46.2 Å². The molecular formula is C20H22ClN3O6. The third-order valence-corrected chi connectivity index (χ3v) is 4.34. The molecule has 0 saturated heterocycles. The molecule has 0 heterocycles. The number of ether oxygens (including phenoxy) is 4. The van der Waals surface area contributed by atoms with Crippen molar-refractivity contribution >= 4 is 34.7 Å². The Kier molecular flexibility index (Phi) is 7.99. The first-order chi connectivity index (χ1) is 14.3. The molecule has 9 nitrogen and oxygen atoms in total. The molecule has 0 aliphatic carbocycles. The Morgan fingerprint density at radius 2 is 1.43 bits per heavy atom. The van der Waals surface area contributed by atoms with E-state index in [4.69, 9.17) is 30.5 Å². The van der Waals surface area contributed by atoms with Crippen molar-refractivity contribution in [2.75, 3.05) is 33.8 Å². The number of amides is 1. The second kappa shape index (κ2) is 10.4. The maximum atomic E-state index is 12.7. The predicted molar refractivity (Wildman–Crippen MR) is 112 cm³/mol. The summed E-state index contributed by atoms with van der Waals surface area (Å²) in [7, 11) is 5.86. The molecule has 160 valence electrons. The SMILES string of the molecule is COc1cc(N=NC(C(C)=O)C(=O)Nc2cc(OC)c(Cl)c(OC)c2)cc(OC)c1. The van der Waals surface area contributed by atoms with Gasteiger partial charge in [0, 0.05) is 36.0 Å². The number of azo groups is 1. The van der Waals surface area contributed by atoms with E-state index in [1.807, 2.05) is 0 Å². The Bertz CT molecular complexity index is 916. The van der Waals surface area contributed by atoms with Crippen LogP contribution in [-0.2, 0) is 9.59 Å². The summed E-state index contributed by atoms with van der Waals surface area (Å²) >= 11 is 6.13. The highest BCUT2D eigenvalue weighted by molar-refractivity contribution is 6.33. The number of benzene rings is 2. The molecule has 0 bridgehead atoms. The first-order valence-corrected chi connectivity index (χ1v) is 9.07. The third-order valence-electron chi connectivity index (χ3n) is 3.97. The number of methoxy groups -OCH3 is 4. The lowest BCUT2D eigenvalue weighted by atomic mass is 10.2. The number of nitrogens with one attached hydrogen (secondary N) is 1. The summed E-state index contributed by atoms with van der Waals surface area (Å²) in [5, 5.41) is 10.8. The number of Topliss-reactive ketones (excluding diaryl/α,β-unsaturated/α-hetero) is 1. The average molecular weight is 436 g/mol. The molecule has 1 N–H and O–H groups in total. The van der Waals surface area contributed by atoms with Crippen LogP contribution in [0, 0.1) is 0 Å². The molecule has 0 aliphatic heterocycles. The Morgan fingerprint density at radius 3 is 1.87 bits per heavy atom. The van der Waals surface area contributed by atoms with Crippen LogP contribution in [0.5, 0.6) is 23.0 Å². The maximum absolute atomic E-state index is 12.7. The summed E-state index contributed by atoms with van der Waals surface area (Å²) in [6, 6.07) is 6.49. The standard InChI is InChI=1S/C20H22ClN3O6/c1-11(25)19(24-23-13-6-14(27-2)10-15(7-13)28-3)20(26)22-12-8-16(29-4)18(21)17(9-12)30-5/h6-10,19H,1-5H3,(H,22,26). The van der Waals surface area contributed by atoms with Crippen molar-refractivity contribution in [3.63, 3.8) is 0 Å². The number of nitrogens with zero attached hydrogens (tertiary/aromatic N) is 2. The van der Waals surface area contributed by atoms with Crippen molar-refractivity contribution in [1.82, 2.24) is 0 Å². The van der Waals surface area contributed by atoms with Crippen LogP contribution < -0.4 is 24.3 Å². The van der Waals surface area contributed by atoms with E-state index < -0.39 is 17.7 Å². The van der Waals surface area contributed by atoms with Crippen molar-refractivity contribution in [2.45, 2.75) is 13.0 Å². The number of rotatable bonds is 9. The van der Waals surface area contributed by atoms with E-state index in [0.29, 0.717) is 34.4 Å². The van der Waals surface area contributed by atoms with E-state index >= 15 is 0 Å². The molecular weight excluding hydrogens is 414 g/mol. The maximum Gasteiger partial charge on any atom is 0.258 e. The van der Waals surface area contributed by atoms with Gasteiger partial charge in [-0.15, -0.1) is 0 Å². The molecule has 0 aliphatic rings. The van der Waals surface area contributed by atoms with Crippen LogP contribution in [0.25, 0.3) is 0 Å². The van der Waals surface area contributed by atoms with Gasteiger partial charge in [-0.05, 0) is 6.92 Å². The predicted octanol–water partition coefficient (Wildman–Crippen LogP) is 4.05. The highest BCUT2D eigenvalue weighted by atomic mass is 35.5. The molecule has 1 atom stereocenters. The minimum absolute atomic E-state index is 0.257. The van der Waals surface area contributed by atoms with E-state index in [0.717, 1.165) is 0 Å². The van der Waals surface area contributed by atoms with Gasteiger partial charge in [0.25, 0.3) is 5.91 Å². The normalized spacial score (nSPS) is 11.7. The second-order valence-corrected chi connectivity index (χ2v) is 6.36. The number of hydrogen-bond donors (Lipinski definition) is 1. The van der Waals surface area contributed by atoms with Gasteiger partial charge in [0.05, 0.1) is 34.1 Å². The fourth-order valence-electron chi connectivity index (χ4n) is 2.45. The minimum atomic E-state index is -1.37. The van der Waals surface area contributed by atoms with Crippen LogP contribution in [0.2, 0.25) is 5.02 Å². The van der Waals surface area contributed by atoms with E-state index in [1.54, 1.807) is 18.2 Å². The zero-order valence-corrected chi connectivity index (χ0v) is 17.9. The van der Waals surface area contributed by atoms with Crippen LogP contribution in [0.4, 0.5) is 11.4 Å². The summed E-state index contributed by atoms with van der Waals surface area (Å²) in [6.07, 6.45) is 0. The van der Waals surface area contributed by atoms with Gasteiger partial charge >= 0.3 is 0 Å². The van der Waals surface area contributed by atoms with E-state index in [2.05, 4.69) is 15.5 Å². The molecule has 10 heteroatoms. The van der Waals surface area contributed by atoms with Crippen LogP contribution in [0.15, 0.2) is 40.6 Å². The molecule has 2 rings (SSSR count). The Hall–Kier alpha value is -3.33. The Morgan fingerprint density at radius 1 is 0.900 bits per heavy atom. The highest BCUT2D eigenvalue weighted by Gasteiger charge is 2.24. The number of ketones is 1. The van der Waals surface area contributed by atoms with Gasteiger partial charge in [-0.25, -0.2) is 0 Å². The molecule has 2 aromatic rings. The van der Waals surface area contributed by atoms with Crippen molar-refractivity contribution in [2.24, 2.45) is 10.2 Å². The largest absolute Gasteiger partial charge is 0.497 e. The minimum Gasteiger partial charge on any atom is -0.497 e. The van der Waals surface area contributed by atoms with Gasteiger partial charge in [-0.1, -0.05) is 11.6 Å². The summed E-state index contributed by atoms with van der Waals surface area (Å²) in [6.45, 7) is 1.25. The molecule has 2 aromatic carbocycles. The lowest BCUT2D eigenvalue weighted by Crippen LogP contribution is -2.31. The first kappa shape index (κ1) is 23.0. The number of hydrogen-bond acceptors (Lipinski definition) is 8. The Labute approximate surface area is 178 Å². The average Bonchev–Trinajstić information content (AvgIpc) is 2.74. The molecule has 0 saturated carbocycles. The first-order valence-electron chi connectivity index (χ1n) is 8.69. The lowest BCUT2D eigenvalue weighted by molar-refractivity contribution is -0.126. The molecule has 0 aromatic heterocycles. The Balaban J connectivity index is 2.28. The second-order valence-electron chi connectivity index (χ2n) is 5.98. The summed E-state index contributed by atoms with van der Waals surface area (Å²) in [5.41, 5.74) is 0.683. The number of anilines is 1. The van der Waals surface area contributed by atoms with Gasteiger partial charge in [-0.2, -0.15) is 10.2 Å². The highest BCUT2D eigenvalue weighted by Crippen LogP contribution is 2.37. The fourth-order valence-corrected chi connectivity index (χ4v) is 2.71. The van der Waals surface area contributed by atoms with Crippen LogP contribution in [0.3, 0.4) is 0 Å². The van der Waals surface area contributed by atoms with Gasteiger partial charge in [0.1, 0.15) is 28.0 Å². The molecule has 0 fully saturated rings. The molecule has 30 heavy (non-hydrogen) atoms. The fraction of sp³-hybridized carbons (Fsp3) is 0.300.